The smallest absolute Gasteiger partial charge is 0.339 e. The van der Waals surface area contributed by atoms with Gasteiger partial charge in [0.05, 0.1) is 13.7 Å². The summed E-state index contributed by atoms with van der Waals surface area (Å²) in [5.41, 5.74) is 5.95. The van der Waals surface area contributed by atoms with Crippen molar-refractivity contribution in [3.8, 4) is 6.07 Å². The van der Waals surface area contributed by atoms with E-state index in [1.165, 1.54) is 14.2 Å². The fourth-order valence-corrected chi connectivity index (χ4v) is 4.35. The zero-order chi connectivity index (χ0) is 22.9. The van der Waals surface area contributed by atoms with Crippen molar-refractivity contribution in [2.24, 2.45) is 5.73 Å². The van der Waals surface area contributed by atoms with Crippen LogP contribution in [0.5, 0.6) is 0 Å². The molecule has 0 saturated carbocycles. The zero-order valence-corrected chi connectivity index (χ0v) is 17.6. The van der Waals surface area contributed by atoms with Crippen LogP contribution in [-0.4, -0.2) is 32.7 Å². The van der Waals surface area contributed by atoms with Crippen LogP contribution in [0.15, 0.2) is 77.4 Å². The number of methoxy groups -OCH3 is 2. The molecule has 2 aromatic rings. The van der Waals surface area contributed by atoms with Crippen molar-refractivity contribution in [2.75, 3.05) is 25.7 Å². The second kappa shape index (κ2) is 8.21. The van der Waals surface area contributed by atoms with Gasteiger partial charge in [-0.2, -0.15) is 5.26 Å². The van der Waals surface area contributed by atoms with Crippen molar-refractivity contribution in [3.63, 3.8) is 0 Å². The van der Waals surface area contributed by atoms with Gasteiger partial charge in [-0.05, 0) is 11.6 Å². The first-order valence-corrected chi connectivity index (χ1v) is 9.85. The molecular formula is C24H21N3O5. The number of para-hydroxylation sites is 1. The van der Waals surface area contributed by atoms with E-state index >= 15 is 0 Å². The van der Waals surface area contributed by atoms with Crippen LogP contribution < -0.4 is 10.6 Å². The predicted molar refractivity (Wildman–Crippen MR) is 115 cm³/mol. The highest BCUT2D eigenvalue weighted by atomic mass is 16.5. The molecule has 8 heteroatoms. The third-order valence-electron chi connectivity index (χ3n) is 5.63. The summed E-state index contributed by atoms with van der Waals surface area (Å²) in [7, 11) is 2.62. The molecule has 4 rings (SSSR count). The Bertz CT molecular complexity index is 1200. The second-order valence-electron chi connectivity index (χ2n) is 7.32. The largest absolute Gasteiger partial charge is 0.466 e. The average Bonchev–Trinajstić information content (AvgIpc) is 3.03. The summed E-state index contributed by atoms with van der Waals surface area (Å²) in [6.45, 7) is 0.103. The summed E-state index contributed by atoms with van der Waals surface area (Å²) in [6.07, 6.45) is 0. The van der Waals surface area contributed by atoms with Crippen molar-refractivity contribution in [3.05, 3.63) is 88.5 Å². The molecule has 2 aliphatic heterocycles. The van der Waals surface area contributed by atoms with Gasteiger partial charge < -0.3 is 24.8 Å². The Kier molecular flexibility index (Phi) is 5.43. The maximum Gasteiger partial charge on any atom is 0.339 e. The third kappa shape index (κ3) is 2.94. The number of anilines is 1. The molecular weight excluding hydrogens is 410 g/mol. The standard InChI is InChI=1S/C24H21N3O5/c1-30-14-19-20(22(28)31-2)24(17(12-25)21(26)32-19)16-10-6-7-11-18(16)27(23(24)29)13-15-8-4-3-5-9-15/h3-11H,13-14,26H2,1-2H3/t24-/m1/s1. The minimum Gasteiger partial charge on any atom is -0.466 e. The van der Waals surface area contributed by atoms with Gasteiger partial charge in [0.25, 0.3) is 0 Å². The van der Waals surface area contributed by atoms with Crippen molar-refractivity contribution in [1.82, 2.24) is 0 Å². The maximum absolute atomic E-state index is 14.2. The monoisotopic (exact) mass is 431 g/mol. The Morgan fingerprint density at radius 1 is 1.16 bits per heavy atom. The Hall–Kier alpha value is -4.09. The number of esters is 1. The molecule has 0 fully saturated rings. The number of hydrogen-bond donors (Lipinski definition) is 1. The molecule has 0 bridgehead atoms. The van der Waals surface area contributed by atoms with Gasteiger partial charge in [-0.1, -0.05) is 48.5 Å². The van der Waals surface area contributed by atoms with Gasteiger partial charge in [0, 0.05) is 18.4 Å². The molecule has 1 amide bonds. The van der Waals surface area contributed by atoms with E-state index in [1.807, 2.05) is 36.4 Å². The lowest BCUT2D eigenvalue weighted by Crippen LogP contribution is -2.48. The highest BCUT2D eigenvalue weighted by Gasteiger charge is 2.62. The minimum atomic E-state index is -1.80. The molecule has 8 nitrogen and oxygen atoms in total. The number of fused-ring (bicyclic) bond motifs is 2. The lowest BCUT2D eigenvalue weighted by Gasteiger charge is -2.35. The Balaban J connectivity index is 2.03. The molecule has 2 aliphatic rings. The molecule has 162 valence electrons. The third-order valence-corrected chi connectivity index (χ3v) is 5.63. The first-order chi connectivity index (χ1) is 15.5. The van der Waals surface area contributed by atoms with Crippen LogP contribution >= 0.6 is 0 Å². The summed E-state index contributed by atoms with van der Waals surface area (Å²) in [4.78, 5) is 28.8. The topological polar surface area (TPSA) is 115 Å². The van der Waals surface area contributed by atoms with Gasteiger partial charge in [-0.3, -0.25) is 4.79 Å². The first kappa shape index (κ1) is 21.2. The SMILES string of the molecule is COCC1=C(C(=O)OC)[C@]2(C(=O)N(Cc3ccccc3)c3ccccc32)C(C#N)=C(N)O1. The van der Waals surface area contributed by atoms with E-state index in [-0.39, 0.29) is 35.9 Å². The Labute approximate surface area is 185 Å². The van der Waals surface area contributed by atoms with Crippen LogP contribution in [0.4, 0.5) is 5.69 Å². The van der Waals surface area contributed by atoms with E-state index in [2.05, 4.69) is 0 Å². The van der Waals surface area contributed by atoms with Crippen molar-refractivity contribution in [2.45, 2.75) is 12.0 Å². The van der Waals surface area contributed by atoms with E-state index in [1.54, 1.807) is 29.2 Å². The van der Waals surface area contributed by atoms with Gasteiger partial charge in [0.15, 0.2) is 5.41 Å². The predicted octanol–water partition coefficient (Wildman–Crippen LogP) is 2.27. The van der Waals surface area contributed by atoms with Gasteiger partial charge in [-0.25, -0.2) is 4.79 Å². The van der Waals surface area contributed by atoms with Crippen molar-refractivity contribution >= 4 is 17.6 Å². The minimum absolute atomic E-state index is 0.0283. The van der Waals surface area contributed by atoms with Crippen LogP contribution in [0.2, 0.25) is 0 Å². The second-order valence-corrected chi connectivity index (χ2v) is 7.32. The van der Waals surface area contributed by atoms with Gasteiger partial charge in [0.2, 0.25) is 11.8 Å². The van der Waals surface area contributed by atoms with E-state index < -0.39 is 17.3 Å². The number of carbonyl (C=O) groups is 2. The molecule has 0 aromatic heterocycles. The molecule has 2 N–H and O–H groups in total. The van der Waals surface area contributed by atoms with Crippen LogP contribution in [0.1, 0.15) is 11.1 Å². The fraction of sp³-hybridized carbons (Fsp3) is 0.208. The molecule has 0 aliphatic carbocycles. The number of nitrogens with two attached hydrogens (primary N) is 1. The van der Waals surface area contributed by atoms with Crippen LogP contribution in [0.25, 0.3) is 0 Å². The van der Waals surface area contributed by atoms with Gasteiger partial charge in [0.1, 0.15) is 29.6 Å². The number of rotatable bonds is 5. The highest BCUT2D eigenvalue weighted by Crippen LogP contribution is 2.54. The number of hydrogen-bond acceptors (Lipinski definition) is 7. The number of nitrogens with zero attached hydrogens (tertiary/aromatic N) is 2. The summed E-state index contributed by atoms with van der Waals surface area (Å²) in [6, 6.07) is 18.5. The number of ether oxygens (including phenoxy) is 3. The lowest BCUT2D eigenvalue weighted by atomic mass is 9.68. The quantitative estimate of drug-likeness (QED) is 0.722. The van der Waals surface area contributed by atoms with Crippen molar-refractivity contribution < 1.29 is 23.8 Å². The van der Waals surface area contributed by atoms with Crippen LogP contribution in [0.3, 0.4) is 0 Å². The number of nitriles is 1. The fourth-order valence-electron chi connectivity index (χ4n) is 4.35. The normalized spacial score (nSPS) is 19.7. The van der Waals surface area contributed by atoms with E-state index in [4.69, 9.17) is 19.9 Å². The molecule has 0 radical (unpaired) electrons. The highest BCUT2D eigenvalue weighted by molar-refractivity contribution is 6.18. The zero-order valence-electron chi connectivity index (χ0n) is 17.6. The summed E-state index contributed by atoms with van der Waals surface area (Å²) >= 11 is 0. The molecule has 0 unspecified atom stereocenters. The van der Waals surface area contributed by atoms with Crippen molar-refractivity contribution in [1.29, 1.82) is 5.26 Å². The van der Waals surface area contributed by atoms with E-state index in [0.29, 0.717) is 11.3 Å². The molecule has 2 heterocycles. The average molecular weight is 431 g/mol. The summed E-state index contributed by atoms with van der Waals surface area (Å²) in [5.74, 6) is -1.51. The van der Waals surface area contributed by atoms with Crippen LogP contribution in [-0.2, 0) is 35.8 Å². The van der Waals surface area contributed by atoms with Crippen LogP contribution in [0, 0.1) is 11.3 Å². The van der Waals surface area contributed by atoms with Gasteiger partial charge >= 0.3 is 5.97 Å². The molecule has 32 heavy (non-hydrogen) atoms. The summed E-state index contributed by atoms with van der Waals surface area (Å²) in [5, 5.41) is 10.1. The Morgan fingerprint density at radius 3 is 2.50 bits per heavy atom. The Morgan fingerprint density at radius 2 is 1.84 bits per heavy atom. The summed E-state index contributed by atoms with van der Waals surface area (Å²) < 4.78 is 15.8. The molecule has 1 spiro atoms. The molecule has 1 atom stereocenters. The maximum atomic E-state index is 14.2. The van der Waals surface area contributed by atoms with E-state index in [9.17, 15) is 14.9 Å². The lowest BCUT2D eigenvalue weighted by molar-refractivity contribution is -0.138. The van der Waals surface area contributed by atoms with E-state index in [0.717, 1.165) is 5.56 Å². The molecule has 2 aromatic carbocycles. The first-order valence-electron chi connectivity index (χ1n) is 9.85. The van der Waals surface area contributed by atoms with Gasteiger partial charge in [-0.15, -0.1) is 0 Å². The molecule has 0 saturated heterocycles. The number of carbonyl (C=O) groups excluding carboxylic acids is 2. The number of benzene rings is 2. The number of amides is 1.